The molecule has 1 aromatic carbocycles. The molecule has 2 aromatic rings. The average Bonchev–Trinajstić information content (AvgIpc) is 2.52. The Kier molecular flexibility index (Phi) is 5.60. The van der Waals surface area contributed by atoms with E-state index in [4.69, 9.17) is 4.74 Å². The second-order valence-electron chi connectivity index (χ2n) is 5.19. The number of nitrogens with zero attached hydrogens (tertiary/aromatic N) is 1. The third-order valence-corrected chi connectivity index (χ3v) is 3.69. The fourth-order valence-corrected chi connectivity index (χ4v) is 2.14. The molecule has 1 atom stereocenters. The minimum Gasteiger partial charge on any atom is -0.494 e. The lowest BCUT2D eigenvalue weighted by molar-refractivity contribution is 0.311. The molecule has 2 nitrogen and oxygen atoms in total. The Labute approximate surface area is 121 Å². The molecule has 20 heavy (non-hydrogen) atoms. The number of rotatable bonds is 7. The first kappa shape index (κ1) is 14.6. The summed E-state index contributed by atoms with van der Waals surface area (Å²) in [5.41, 5.74) is 2.70. The lowest BCUT2D eigenvalue weighted by Gasteiger charge is -2.10. The van der Waals surface area contributed by atoms with Crippen LogP contribution in [0.3, 0.4) is 0 Å². The van der Waals surface area contributed by atoms with Crippen molar-refractivity contribution in [3.05, 3.63) is 59.9 Å². The highest BCUT2D eigenvalue weighted by molar-refractivity contribution is 5.29. The molecule has 1 aromatic heterocycles. The Morgan fingerprint density at radius 3 is 2.40 bits per heavy atom. The van der Waals surface area contributed by atoms with E-state index >= 15 is 0 Å². The summed E-state index contributed by atoms with van der Waals surface area (Å²) in [5.74, 6) is 1.59. The Bertz CT molecular complexity index is 493. The van der Waals surface area contributed by atoms with Crippen LogP contribution in [0, 0.1) is 0 Å². The summed E-state index contributed by atoms with van der Waals surface area (Å²) < 4.78 is 5.78. The van der Waals surface area contributed by atoms with Gasteiger partial charge in [0, 0.05) is 12.4 Å². The van der Waals surface area contributed by atoms with Crippen LogP contribution in [0.25, 0.3) is 0 Å². The third kappa shape index (κ3) is 4.37. The quantitative estimate of drug-likeness (QED) is 0.685. The van der Waals surface area contributed by atoms with Crippen LogP contribution in [0.1, 0.15) is 43.7 Å². The van der Waals surface area contributed by atoms with Gasteiger partial charge in [-0.1, -0.05) is 26.0 Å². The molecule has 2 rings (SSSR count). The van der Waals surface area contributed by atoms with Crippen molar-refractivity contribution in [3.63, 3.8) is 0 Å². The monoisotopic (exact) mass is 269 g/mol. The number of hydrogen-bond donors (Lipinski definition) is 0. The smallest absolute Gasteiger partial charge is 0.119 e. The highest BCUT2D eigenvalue weighted by Gasteiger charge is 2.02. The first-order valence-electron chi connectivity index (χ1n) is 7.41. The molecule has 1 heterocycles. The van der Waals surface area contributed by atoms with Crippen LogP contribution in [0.15, 0.2) is 48.8 Å². The molecule has 106 valence electrons. The Morgan fingerprint density at radius 2 is 1.75 bits per heavy atom. The van der Waals surface area contributed by atoms with Gasteiger partial charge in [0.05, 0.1) is 6.61 Å². The summed E-state index contributed by atoms with van der Waals surface area (Å²) in [5, 5.41) is 0. The SMILES string of the molecule is CCC(C)c1ccc(OCCCc2ccncc2)cc1. The second-order valence-corrected chi connectivity index (χ2v) is 5.19. The molecule has 0 saturated carbocycles. The summed E-state index contributed by atoms with van der Waals surface area (Å²) in [6.45, 7) is 5.23. The Balaban J connectivity index is 1.74. The van der Waals surface area contributed by atoms with Crippen molar-refractivity contribution in [2.75, 3.05) is 6.61 Å². The lowest BCUT2D eigenvalue weighted by atomic mass is 9.99. The largest absolute Gasteiger partial charge is 0.494 e. The zero-order valence-corrected chi connectivity index (χ0v) is 12.4. The Hall–Kier alpha value is -1.83. The van der Waals surface area contributed by atoms with Crippen LogP contribution < -0.4 is 4.74 Å². The fourth-order valence-electron chi connectivity index (χ4n) is 2.14. The van der Waals surface area contributed by atoms with E-state index in [0.717, 1.165) is 25.2 Å². The van der Waals surface area contributed by atoms with E-state index in [0.29, 0.717) is 5.92 Å². The van der Waals surface area contributed by atoms with E-state index in [1.54, 1.807) is 0 Å². The van der Waals surface area contributed by atoms with Crippen LogP contribution in [0.5, 0.6) is 5.75 Å². The molecule has 0 amide bonds. The molecule has 0 radical (unpaired) electrons. The normalized spacial score (nSPS) is 12.1. The summed E-state index contributed by atoms with van der Waals surface area (Å²) in [4.78, 5) is 4.02. The molecule has 0 saturated heterocycles. The maximum atomic E-state index is 5.78. The van der Waals surface area contributed by atoms with Crippen molar-refractivity contribution in [2.24, 2.45) is 0 Å². The molecular formula is C18H23NO. The maximum Gasteiger partial charge on any atom is 0.119 e. The number of benzene rings is 1. The van der Waals surface area contributed by atoms with E-state index in [1.807, 2.05) is 12.4 Å². The molecule has 1 unspecified atom stereocenters. The zero-order valence-electron chi connectivity index (χ0n) is 12.4. The molecule has 0 bridgehead atoms. The van der Waals surface area contributed by atoms with Crippen molar-refractivity contribution in [1.82, 2.24) is 4.98 Å². The van der Waals surface area contributed by atoms with Crippen LogP contribution in [0.2, 0.25) is 0 Å². The molecule has 0 fully saturated rings. The van der Waals surface area contributed by atoms with E-state index < -0.39 is 0 Å². The summed E-state index contributed by atoms with van der Waals surface area (Å²) in [6, 6.07) is 12.6. The van der Waals surface area contributed by atoms with Gasteiger partial charge in [-0.2, -0.15) is 0 Å². The van der Waals surface area contributed by atoms with Gasteiger partial charge in [-0.15, -0.1) is 0 Å². The molecular weight excluding hydrogens is 246 g/mol. The molecule has 0 N–H and O–H groups in total. The highest BCUT2D eigenvalue weighted by Crippen LogP contribution is 2.21. The molecule has 0 aliphatic carbocycles. The van der Waals surface area contributed by atoms with E-state index in [9.17, 15) is 0 Å². The standard InChI is InChI=1S/C18H23NO/c1-3-15(2)17-6-8-18(9-7-17)20-14-4-5-16-10-12-19-13-11-16/h6-13,15H,3-5,14H2,1-2H3. The molecule has 2 heteroatoms. The van der Waals surface area contributed by atoms with Gasteiger partial charge in [0.15, 0.2) is 0 Å². The van der Waals surface area contributed by atoms with Crippen molar-refractivity contribution in [1.29, 1.82) is 0 Å². The van der Waals surface area contributed by atoms with Gasteiger partial charge in [-0.05, 0) is 60.6 Å². The summed E-state index contributed by atoms with van der Waals surface area (Å²) in [7, 11) is 0. The van der Waals surface area contributed by atoms with E-state index in [-0.39, 0.29) is 0 Å². The fraction of sp³-hybridized carbons (Fsp3) is 0.389. The van der Waals surface area contributed by atoms with Crippen molar-refractivity contribution >= 4 is 0 Å². The minimum absolute atomic E-state index is 0.621. The van der Waals surface area contributed by atoms with E-state index in [1.165, 1.54) is 17.5 Å². The van der Waals surface area contributed by atoms with Crippen molar-refractivity contribution < 1.29 is 4.74 Å². The van der Waals surface area contributed by atoms with Crippen molar-refractivity contribution in [2.45, 2.75) is 39.0 Å². The average molecular weight is 269 g/mol. The first-order valence-corrected chi connectivity index (χ1v) is 7.41. The number of aryl methyl sites for hydroxylation is 1. The third-order valence-electron chi connectivity index (χ3n) is 3.69. The van der Waals surface area contributed by atoms with Gasteiger partial charge in [0.2, 0.25) is 0 Å². The summed E-state index contributed by atoms with van der Waals surface area (Å²) in [6.07, 6.45) is 6.91. The van der Waals surface area contributed by atoms with Crippen LogP contribution >= 0.6 is 0 Å². The zero-order chi connectivity index (χ0) is 14.2. The molecule has 0 aliphatic rings. The predicted octanol–water partition coefficient (Wildman–Crippen LogP) is 4.61. The van der Waals surface area contributed by atoms with Gasteiger partial charge in [-0.25, -0.2) is 0 Å². The maximum absolute atomic E-state index is 5.78. The van der Waals surface area contributed by atoms with Crippen molar-refractivity contribution in [3.8, 4) is 5.75 Å². The van der Waals surface area contributed by atoms with Gasteiger partial charge in [0.25, 0.3) is 0 Å². The highest BCUT2D eigenvalue weighted by atomic mass is 16.5. The van der Waals surface area contributed by atoms with Gasteiger partial charge in [-0.3, -0.25) is 4.98 Å². The predicted molar refractivity (Wildman–Crippen MR) is 83.2 cm³/mol. The lowest BCUT2D eigenvalue weighted by Crippen LogP contribution is -2.00. The van der Waals surface area contributed by atoms with E-state index in [2.05, 4.69) is 55.2 Å². The number of pyridine rings is 1. The van der Waals surface area contributed by atoms with Crippen LogP contribution in [0.4, 0.5) is 0 Å². The van der Waals surface area contributed by atoms with Crippen LogP contribution in [-0.2, 0) is 6.42 Å². The Morgan fingerprint density at radius 1 is 1.05 bits per heavy atom. The van der Waals surface area contributed by atoms with Gasteiger partial charge < -0.3 is 4.74 Å². The molecule has 0 aliphatic heterocycles. The number of aromatic nitrogens is 1. The second kappa shape index (κ2) is 7.68. The van der Waals surface area contributed by atoms with Crippen LogP contribution in [-0.4, -0.2) is 11.6 Å². The molecule has 0 spiro atoms. The first-order chi connectivity index (χ1) is 9.79. The number of ether oxygens (including phenoxy) is 1. The van der Waals surface area contributed by atoms with Gasteiger partial charge >= 0.3 is 0 Å². The summed E-state index contributed by atoms with van der Waals surface area (Å²) >= 11 is 0. The van der Waals surface area contributed by atoms with Gasteiger partial charge in [0.1, 0.15) is 5.75 Å². The minimum atomic E-state index is 0.621. The topological polar surface area (TPSA) is 22.1 Å². The number of hydrogen-bond acceptors (Lipinski definition) is 2.